The maximum atomic E-state index is 12.6. The number of nitrogens with zero attached hydrogens (tertiary/aromatic N) is 3. The highest BCUT2D eigenvalue weighted by atomic mass is 16.4. The molecular weight excluding hydrogens is 356 g/mol. The van der Waals surface area contributed by atoms with Crippen LogP contribution >= 0.6 is 0 Å². The average Bonchev–Trinajstić information content (AvgIpc) is 3.09. The van der Waals surface area contributed by atoms with Crippen molar-refractivity contribution in [2.75, 3.05) is 32.5 Å². The molecule has 1 fully saturated rings. The lowest BCUT2D eigenvalue weighted by atomic mass is 9.97. The fraction of sp³-hybridized carbons (Fsp3) is 0.476. The number of aryl methyl sites for hydroxylation is 2. The molecule has 1 aliphatic heterocycles. The van der Waals surface area contributed by atoms with E-state index in [1.54, 1.807) is 21.0 Å². The Morgan fingerprint density at radius 1 is 1.25 bits per heavy atom. The lowest BCUT2D eigenvalue weighted by Gasteiger charge is -2.30. The van der Waals surface area contributed by atoms with Gasteiger partial charge in [-0.25, -0.2) is 9.78 Å². The average molecular weight is 384 g/mol. The van der Waals surface area contributed by atoms with Crippen molar-refractivity contribution in [2.45, 2.75) is 39.0 Å². The molecule has 1 aromatic carbocycles. The zero-order chi connectivity index (χ0) is 20.3. The number of nitrogens with one attached hydrogen (secondary N) is 1. The van der Waals surface area contributed by atoms with Crippen molar-refractivity contribution in [3.63, 3.8) is 0 Å². The van der Waals surface area contributed by atoms with Crippen LogP contribution in [0.3, 0.4) is 0 Å². The first kappa shape index (κ1) is 19.9. The molecule has 3 rings (SSSR count). The van der Waals surface area contributed by atoms with Gasteiger partial charge in [0.1, 0.15) is 5.76 Å². The van der Waals surface area contributed by atoms with E-state index in [-0.39, 0.29) is 17.9 Å². The maximum absolute atomic E-state index is 12.6. The summed E-state index contributed by atoms with van der Waals surface area (Å²) in [5.74, 6) is 1.11. The third kappa shape index (κ3) is 4.18. The summed E-state index contributed by atoms with van der Waals surface area (Å²) >= 11 is 0. The van der Waals surface area contributed by atoms with Gasteiger partial charge in [-0.3, -0.25) is 4.79 Å². The standard InChI is InChI=1S/C21H28N4O3/c1-5-15-8-6-7-9-17(15)22-21(27)25-12-10-16(11-13-25)19-23-18(14(2)28-19)20(26)24(3)4/h6-9,16H,5,10-13H2,1-4H3,(H,22,27). The number of urea groups is 1. The molecule has 0 saturated carbocycles. The number of oxazole rings is 1. The number of anilines is 1. The van der Waals surface area contributed by atoms with Gasteiger partial charge < -0.3 is 19.5 Å². The number of hydrogen-bond donors (Lipinski definition) is 1. The van der Waals surface area contributed by atoms with Crippen molar-refractivity contribution in [2.24, 2.45) is 0 Å². The van der Waals surface area contributed by atoms with E-state index in [0.717, 1.165) is 30.5 Å². The summed E-state index contributed by atoms with van der Waals surface area (Å²) in [7, 11) is 3.40. The van der Waals surface area contributed by atoms with E-state index in [4.69, 9.17) is 4.42 Å². The third-order valence-corrected chi connectivity index (χ3v) is 5.19. The lowest BCUT2D eigenvalue weighted by molar-refractivity contribution is 0.0821. The van der Waals surface area contributed by atoms with Crippen molar-refractivity contribution in [3.8, 4) is 0 Å². The van der Waals surface area contributed by atoms with Gasteiger partial charge in [0.15, 0.2) is 11.6 Å². The molecule has 1 aromatic heterocycles. The SMILES string of the molecule is CCc1ccccc1NC(=O)N1CCC(c2nc(C(=O)N(C)C)c(C)o2)CC1. The summed E-state index contributed by atoms with van der Waals surface area (Å²) < 4.78 is 5.77. The number of amides is 3. The van der Waals surface area contributed by atoms with E-state index >= 15 is 0 Å². The van der Waals surface area contributed by atoms with Gasteiger partial charge in [0, 0.05) is 38.8 Å². The molecule has 0 radical (unpaired) electrons. The molecular formula is C21H28N4O3. The molecule has 0 bridgehead atoms. The van der Waals surface area contributed by atoms with Crippen LogP contribution in [-0.4, -0.2) is 53.9 Å². The largest absolute Gasteiger partial charge is 0.445 e. The first-order chi connectivity index (χ1) is 13.4. The predicted octanol–water partition coefficient (Wildman–Crippen LogP) is 3.66. The van der Waals surface area contributed by atoms with Crippen molar-refractivity contribution in [3.05, 3.63) is 47.2 Å². The number of aromatic nitrogens is 1. The van der Waals surface area contributed by atoms with Crippen LogP contribution in [0.15, 0.2) is 28.7 Å². The van der Waals surface area contributed by atoms with Gasteiger partial charge in [-0.1, -0.05) is 25.1 Å². The van der Waals surface area contributed by atoms with E-state index in [0.29, 0.717) is 30.4 Å². The minimum Gasteiger partial charge on any atom is -0.445 e. The normalized spacial score (nSPS) is 14.8. The second-order valence-corrected chi connectivity index (χ2v) is 7.36. The van der Waals surface area contributed by atoms with E-state index in [2.05, 4.69) is 17.2 Å². The summed E-state index contributed by atoms with van der Waals surface area (Å²) in [5, 5.41) is 3.02. The number of para-hydroxylation sites is 1. The molecule has 0 aliphatic carbocycles. The maximum Gasteiger partial charge on any atom is 0.321 e. The highest BCUT2D eigenvalue weighted by Crippen LogP contribution is 2.29. The smallest absolute Gasteiger partial charge is 0.321 e. The fourth-order valence-corrected chi connectivity index (χ4v) is 3.48. The Bertz CT molecular complexity index is 851. The predicted molar refractivity (Wildman–Crippen MR) is 108 cm³/mol. The number of piperidine rings is 1. The Morgan fingerprint density at radius 3 is 2.57 bits per heavy atom. The molecule has 0 unspecified atom stereocenters. The molecule has 1 saturated heterocycles. The van der Waals surface area contributed by atoms with Crippen LogP contribution in [0.4, 0.5) is 10.5 Å². The highest BCUT2D eigenvalue weighted by Gasteiger charge is 2.29. The summed E-state index contributed by atoms with van der Waals surface area (Å²) in [4.78, 5) is 32.6. The first-order valence-electron chi connectivity index (χ1n) is 9.73. The molecule has 28 heavy (non-hydrogen) atoms. The monoisotopic (exact) mass is 384 g/mol. The zero-order valence-electron chi connectivity index (χ0n) is 17.0. The van der Waals surface area contributed by atoms with Crippen LogP contribution in [0.2, 0.25) is 0 Å². The number of hydrogen-bond acceptors (Lipinski definition) is 4. The lowest BCUT2D eigenvalue weighted by Crippen LogP contribution is -2.40. The topological polar surface area (TPSA) is 78.7 Å². The van der Waals surface area contributed by atoms with Crippen molar-refractivity contribution in [1.82, 2.24) is 14.8 Å². The van der Waals surface area contributed by atoms with Gasteiger partial charge in [-0.15, -0.1) is 0 Å². The highest BCUT2D eigenvalue weighted by molar-refractivity contribution is 5.93. The number of likely N-dealkylation sites (tertiary alicyclic amines) is 1. The Morgan fingerprint density at radius 2 is 1.93 bits per heavy atom. The van der Waals surface area contributed by atoms with Gasteiger partial charge in [0.2, 0.25) is 0 Å². The fourth-order valence-electron chi connectivity index (χ4n) is 3.48. The number of carbonyl (C=O) groups is 2. The Hall–Kier alpha value is -2.83. The molecule has 1 aliphatic rings. The Kier molecular flexibility index (Phi) is 6.02. The van der Waals surface area contributed by atoms with E-state index in [1.807, 2.05) is 29.2 Å². The van der Waals surface area contributed by atoms with E-state index in [9.17, 15) is 9.59 Å². The number of benzene rings is 1. The van der Waals surface area contributed by atoms with Crippen LogP contribution in [0.1, 0.15) is 53.4 Å². The quantitative estimate of drug-likeness (QED) is 0.873. The van der Waals surface area contributed by atoms with Crippen molar-refractivity contribution >= 4 is 17.6 Å². The Balaban J connectivity index is 1.61. The van der Waals surface area contributed by atoms with E-state index in [1.165, 1.54) is 4.90 Å². The summed E-state index contributed by atoms with van der Waals surface area (Å²) in [5.41, 5.74) is 2.36. The van der Waals surface area contributed by atoms with Gasteiger partial charge in [0.05, 0.1) is 0 Å². The second-order valence-electron chi connectivity index (χ2n) is 7.36. The molecule has 2 aromatic rings. The zero-order valence-corrected chi connectivity index (χ0v) is 17.0. The Labute approximate surface area is 165 Å². The molecule has 1 N–H and O–H groups in total. The second kappa shape index (κ2) is 8.46. The summed E-state index contributed by atoms with van der Waals surface area (Å²) in [6.45, 7) is 5.09. The van der Waals surface area contributed by atoms with Crippen LogP contribution in [0, 0.1) is 6.92 Å². The van der Waals surface area contributed by atoms with Gasteiger partial charge >= 0.3 is 6.03 Å². The number of carbonyl (C=O) groups excluding carboxylic acids is 2. The summed E-state index contributed by atoms with van der Waals surface area (Å²) in [6, 6.07) is 7.79. The van der Waals surface area contributed by atoms with Crippen LogP contribution in [0.25, 0.3) is 0 Å². The molecule has 3 amide bonds. The van der Waals surface area contributed by atoms with Gasteiger partial charge in [-0.05, 0) is 37.8 Å². The van der Waals surface area contributed by atoms with Crippen LogP contribution in [0.5, 0.6) is 0 Å². The molecule has 0 atom stereocenters. The first-order valence-corrected chi connectivity index (χ1v) is 9.73. The molecule has 7 nitrogen and oxygen atoms in total. The minimum absolute atomic E-state index is 0.0774. The summed E-state index contributed by atoms with van der Waals surface area (Å²) in [6.07, 6.45) is 2.40. The van der Waals surface area contributed by atoms with Gasteiger partial charge in [0.25, 0.3) is 5.91 Å². The molecule has 2 heterocycles. The third-order valence-electron chi connectivity index (χ3n) is 5.19. The van der Waals surface area contributed by atoms with Crippen molar-refractivity contribution in [1.29, 1.82) is 0 Å². The van der Waals surface area contributed by atoms with Crippen LogP contribution < -0.4 is 5.32 Å². The van der Waals surface area contributed by atoms with Crippen molar-refractivity contribution < 1.29 is 14.0 Å². The minimum atomic E-state index is -0.154. The number of rotatable bonds is 4. The molecule has 150 valence electrons. The van der Waals surface area contributed by atoms with Gasteiger partial charge in [-0.2, -0.15) is 0 Å². The molecule has 7 heteroatoms. The molecule has 0 spiro atoms. The van der Waals surface area contributed by atoms with Crippen LogP contribution in [-0.2, 0) is 6.42 Å². The van der Waals surface area contributed by atoms with E-state index < -0.39 is 0 Å².